The molecular formula is C18H30F3IN4O. The summed E-state index contributed by atoms with van der Waals surface area (Å²) in [5.41, 5.74) is -0.116. The standard InChI is InChI=1S/C18H29F3N4O.HI/c1-5-22-16(24-11-15-23-10-14(26-15)17(2,3)4)25-13-8-6-12(7-9-13)18(19,20)21;/h10,12-13H,5-9,11H2,1-4H3,(H2,22,24,25);1H. The van der Waals surface area contributed by atoms with Gasteiger partial charge in [-0.2, -0.15) is 13.2 Å². The molecule has 1 aliphatic rings. The first-order valence-electron chi connectivity index (χ1n) is 9.16. The van der Waals surface area contributed by atoms with Crippen LogP contribution in [0.2, 0.25) is 0 Å². The Balaban J connectivity index is 0.00000364. The van der Waals surface area contributed by atoms with Crippen LogP contribution in [0.15, 0.2) is 15.6 Å². The average molecular weight is 502 g/mol. The third-order valence-corrected chi connectivity index (χ3v) is 4.54. The number of hydrogen-bond acceptors (Lipinski definition) is 3. The summed E-state index contributed by atoms with van der Waals surface area (Å²) in [6.07, 6.45) is -1.07. The van der Waals surface area contributed by atoms with Crippen LogP contribution in [0.5, 0.6) is 0 Å². The van der Waals surface area contributed by atoms with E-state index in [2.05, 4.69) is 20.6 Å². The van der Waals surface area contributed by atoms with Crippen molar-refractivity contribution in [2.45, 2.75) is 77.6 Å². The van der Waals surface area contributed by atoms with E-state index in [1.165, 1.54) is 0 Å². The van der Waals surface area contributed by atoms with Gasteiger partial charge in [-0.1, -0.05) is 20.8 Å². The van der Waals surface area contributed by atoms with E-state index in [4.69, 9.17) is 4.42 Å². The molecular weight excluding hydrogens is 472 g/mol. The van der Waals surface area contributed by atoms with E-state index in [1.54, 1.807) is 6.20 Å². The van der Waals surface area contributed by atoms with Crippen molar-refractivity contribution in [3.63, 3.8) is 0 Å². The van der Waals surface area contributed by atoms with Crippen molar-refractivity contribution in [2.24, 2.45) is 10.9 Å². The fraction of sp³-hybridized carbons (Fsp3) is 0.778. The zero-order chi connectivity index (χ0) is 19.4. The van der Waals surface area contributed by atoms with Crippen molar-refractivity contribution < 1.29 is 17.6 Å². The van der Waals surface area contributed by atoms with E-state index in [-0.39, 0.29) is 54.8 Å². The molecule has 0 radical (unpaired) electrons. The molecule has 0 bridgehead atoms. The molecule has 0 saturated heterocycles. The molecule has 0 aliphatic heterocycles. The van der Waals surface area contributed by atoms with Gasteiger partial charge in [-0.05, 0) is 32.6 Å². The maximum Gasteiger partial charge on any atom is 0.391 e. The van der Waals surface area contributed by atoms with Gasteiger partial charge < -0.3 is 15.1 Å². The Morgan fingerprint density at radius 1 is 1.22 bits per heavy atom. The molecule has 156 valence electrons. The molecule has 0 unspecified atom stereocenters. The Morgan fingerprint density at radius 3 is 2.33 bits per heavy atom. The SMILES string of the molecule is CCNC(=NCc1ncc(C(C)(C)C)o1)NC1CCC(C(F)(F)F)CC1.I. The number of nitrogens with one attached hydrogen (secondary N) is 2. The topological polar surface area (TPSA) is 62.5 Å². The lowest BCUT2D eigenvalue weighted by atomic mass is 9.85. The number of alkyl halides is 3. The fourth-order valence-electron chi connectivity index (χ4n) is 2.96. The molecule has 27 heavy (non-hydrogen) atoms. The molecule has 0 amide bonds. The highest BCUT2D eigenvalue weighted by Crippen LogP contribution is 2.37. The smallest absolute Gasteiger partial charge is 0.391 e. The van der Waals surface area contributed by atoms with Gasteiger partial charge in [0.25, 0.3) is 0 Å². The fourth-order valence-corrected chi connectivity index (χ4v) is 2.96. The lowest BCUT2D eigenvalue weighted by Crippen LogP contribution is -2.45. The number of oxazole rings is 1. The normalized spacial score (nSPS) is 21.5. The lowest BCUT2D eigenvalue weighted by molar-refractivity contribution is -0.182. The van der Waals surface area contributed by atoms with E-state index in [0.29, 0.717) is 31.2 Å². The highest BCUT2D eigenvalue weighted by atomic mass is 127. The second-order valence-corrected chi connectivity index (χ2v) is 7.80. The van der Waals surface area contributed by atoms with Gasteiger partial charge in [0.1, 0.15) is 12.3 Å². The van der Waals surface area contributed by atoms with Crippen molar-refractivity contribution >= 4 is 29.9 Å². The van der Waals surface area contributed by atoms with E-state index in [0.717, 1.165) is 5.76 Å². The Morgan fingerprint density at radius 2 is 1.85 bits per heavy atom. The highest BCUT2D eigenvalue weighted by Gasteiger charge is 2.41. The van der Waals surface area contributed by atoms with Crippen LogP contribution in [0.1, 0.15) is 65.0 Å². The average Bonchev–Trinajstić information content (AvgIpc) is 3.02. The van der Waals surface area contributed by atoms with Crippen LogP contribution < -0.4 is 10.6 Å². The molecule has 5 nitrogen and oxygen atoms in total. The van der Waals surface area contributed by atoms with E-state index >= 15 is 0 Å². The largest absolute Gasteiger partial charge is 0.443 e. The second-order valence-electron chi connectivity index (χ2n) is 7.80. The summed E-state index contributed by atoms with van der Waals surface area (Å²) in [6, 6.07) is 0.00102. The molecule has 0 spiro atoms. The molecule has 2 rings (SSSR count). The third kappa shape index (κ3) is 7.50. The predicted octanol–water partition coefficient (Wildman–Crippen LogP) is 4.77. The molecule has 0 atom stereocenters. The number of aliphatic imine (C=N–C) groups is 1. The summed E-state index contributed by atoms with van der Waals surface area (Å²) in [7, 11) is 0. The summed E-state index contributed by atoms with van der Waals surface area (Å²) in [5.74, 6) is 0.723. The molecule has 1 aromatic heterocycles. The number of hydrogen-bond donors (Lipinski definition) is 2. The minimum absolute atomic E-state index is 0. The molecule has 1 aliphatic carbocycles. The number of guanidine groups is 1. The Bertz CT molecular complexity index is 602. The quantitative estimate of drug-likeness (QED) is 0.354. The zero-order valence-electron chi connectivity index (χ0n) is 16.3. The van der Waals surface area contributed by atoms with Crippen molar-refractivity contribution in [3.05, 3.63) is 17.8 Å². The van der Waals surface area contributed by atoms with Gasteiger partial charge in [0.2, 0.25) is 5.89 Å². The van der Waals surface area contributed by atoms with Gasteiger partial charge in [-0.3, -0.25) is 0 Å². The molecule has 0 aromatic carbocycles. The van der Waals surface area contributed by atoms with Crippen LogP contribution >= 0.6 is 24.0 Å². The van der Waals surface area contributed by atoms with Gasteiger partial charge >= 0.3 is 6.18 Å². The van der Waals surface area contributed by atoms with Gasteiger partial charge in [0.15, 0.2) is 5.96 Å². The van der Waals surface area contributed by atoms with E-state index in [9.17, 15) is 13.2 Å². The first-order chi connectivity index (χ1) is 12.1. The van der Waals surface area contributed by atoms with Crippen molar-refractivity contribution in [3.8, 4) is 0 Å². The maximum atomic E-state index is 12.8. The second kappa shape index (κ2) is 9.97. The van der Waals surface area contributed by atoms with Crippen LogP contribution in [-0.4, -0.2) is 29.7 Å². The summed E-state index contributed by atoms with van der Waals surface area (Å²) < 4.78 is 44.0. The van der Waals surface area contributed by atoms with E-state index < -0.39 is 12.1 Å². The van der Waals surface area contributed by atoms with Crippen LogP contribution in [0.4, 0.5) is 13.2 Å². The number of nitrogens with zero attached hydrogens (tertiary/aromatic N) is 2. The predicted molar refractivity (Wildman–Crippen MR) is 110 cm³/mol. The first kappa shape index (κ1) is 24.0. The number of aromatic nitrogens is 1. The zero-order valence-corrected chi connectivity index (χ0v) is 18.6. The summed E-state index contributed by atoms with van der Waals surface area (Å²) in [4.78, 5) is 8.70. The molecule has 9 heteroatoms. The first-order valence-corrected chi connectivity index (χ1v) is 9.16. The van der Waals surface area contributed by atoms with Gasteiger partial charge in [0, 0.05) is 18.0 Å². The van der Waals surface area contributed by atoms with Crippen LogP contribution in [-0.2, 0) is 12.0 Å². The summed E-state index contributed by atoms with van der Waals surface area (Å²) in [5, 5.41) is 6.36. The van der Waals surface area contributed by atoms with Crippen molar-refractivity contribution in [1.29, 1.82) is 0 Å². The van der Waals surface area contributed by atoms with Gasteiger partial charge in [-0.15, -0.1) is 24.0 Å². The molecule has 1 fully saturated rings. The molecule has 1 saturated carbocycles. The van der Waals surface area contributed by atoms with Gasteiger partial charge in [0.05, 0.1) is 12.1 Å². The number of halogens is 4. The highest BCUT2D eigenvalue weighted by molar-refractivity contribution is 14.0. The number of rotatable bonds is 4. The Labute approximate surface area is 176 Å². The molecule has 2 N–H and O–H groups in total. The Kier molecular flexibility index (Phi) is 8.88. The summed E-state index contributed by atoms with van der Waals surface area (Å²) in [6.45, 7) is 9.03. The maximum absolute atomic E-state index is 12.8. The van der Waals surface area contributed by atoms with Crippen molar-refractivity contribution in [1.82, 2.24) is 15.6 Å². The van der Waals surface area contributed by atoms with Crippen LogP contribution in [0, 0.1) is 5.92 Å². The van der Waals surface area contributed by atoms with E-state index in [1.807, 2.05) is 27.7 Å². The molecule has 1 aromatic rings. The van der Waals surface area contributed by atoms with Crippen LogP contribution in [0.25, 0.3) is 0 Å². The minimum atomic E-state index is -4.08. The minimum Gasteiger partial charge on any atom is -0.443 e. The van der Waals surface area contributed by atoms with Gasteiger partial charge in [-0.25, -0.2) is 9.98 Å². The molecule has 1 heterocycles. The summed E-state index contributed by atoms with van der Waals surface area (Å²) >= 11 is 0. The lowest BCUT2D eigenvalue weighted by Gasteiger charge is -2.31. The van der Waals surface area contributed by atoms with Crippen molar-refractivity contribution in [2.75, 3.05) is 6.54 Å². The monoisotopic (exact) mass is 502 g/mol. The van der Waals surface area contributed by atoms with Crippen LogP contribution in [0.3, 0.4) is 0 Å². The Hall–Kier alpha value is -1.00. The third-order valence-electron chi connectivity index (χ3n) is 4.54.